The molecule has 0 aliphatic rings. The van der Waals surface area contributed by atoms with Crippen molar-refractivity contribution < 1.29 is 0 Å². The third-order valence-electron chi connectivity index (χ3n) is 0.375. The normalized spacial score (nSPS) is 6.43. The van der Waals surface area contributed by atoms with Gasteiger partial charge >= 0.3 is 0 Å². The molecule has 0 rings (SSSR count). The Kier molecular flexibility index (Phi) is 5.37. The van der Waals surface area contributed by atoms with Crippen LogP contribution in [0.4, 0.5) is 0 Å². The number of hydrogen-bond acceptors (Lipinski definition) is 1. The van der Waals surface area contributed by atoms with Gasteiger partial charge in [0.25, 0.3) is 0 Å². The van der Waals surface area contributed by atoms with E-state index in [9.17, 15) is 0 Å². The molecular formula is C6H8S. The second-order valence-electron chi connectivity index (χ2n) is 0.952. The summed E-state index contributed by atoms with van der Waals surface area (Å²) in [7, 11) is 0. The monoisotopic (exact) mass is 112 g/mol. The Morgan fingerprint density at radius 1 is 1.86 bits per heavy atom. The summed E-state index contributed by atoms with van der Waals surface area (Å²) in [4.78, 5) is 0. The SMILES string of the molecule is C=CCSC#CC. The van der Waals surface area contributed by atoms with Crippen LogP contribution < -0.4 is 0 Å². The predicted molar refractivity (Wildman–Crippen MR) is 36.1 cm³/mol. The van der Waals surface area contributed by atoms with Gasteiger partial charge in [-0.05, 0) is 12.2 Å². The molecule has 0 aliphatic carbocycles. The molecule has 0 saturated carbocycles. The molecule has 0 radical (unpaired) electrons. The second kappa shape index (κ2) is 5.65. The van der Waals surface area contributed by atoms with Gasteiger partial charge in [-0.2, -0.15) is 0 Å². The first-order valence-electron chi connectivity index (χ1n) is 2.06. The number of thioether (sulfide) groups is 1. The quantitative estimate of drug-likeness (QED) is 0.298. The van der Waals surface area contributed by atoms with Crippen LogP contribution in [0, 0.1) is 11.2 Å². The minimum atomic E-state index is 0.931. The average Bonchev–Trinajstić information content (AvgIpc) is 1.69. The lowest BCUT2D eigenvalue weighted by atomic mass is 10.8. The van der Waals surface area contributed by atoms with Crippen LogP contribution in [-0.2, 0) is 0 Å². The Bertz CT molecular complexity index is 94.5. The third-order valence-corrected chi connectivity index (χ3v) is 1.13. The first kappa shape index (κ1) is 6.65. The molecule has 7 heavy (non-hydrogen) atoms. The molecule has 0 aromatic heterocycles. The zero-order valence-corrected chi connectivity index (χ0v) is 5.22. The summed E-state index contributed by atoms with van der Waals surface area (Å²) in [5.41, 5.74) is 0. The molecule has 0 nitrogen and oxygen atoms in total. The molecule has 0 spiro atoms. The van der Waals surface area contributed by atoms with E-state index in [0.29, 0.717) is 0 Å². The van der Waals surface area contributed by atoms with Crippen molar-refractivity contribution in [3.63, 3.8) is 0 Å². The lowest BCUT2D eigenvalue weighted by molar-refractivity contribution is 1.83. The Morgan fingerprint density at radius 3 is 3.00 bits per heavy atom. The maximum Gasteiger partial charge on any atom is 0.0235 e. The summed E-state index contributed by atoms with van der Waals surface area (Å²) >= 11 is 1.57. The Morgan fingerprint density at radius 2 is 2.57 bits per heavy atom. The van der Waals surface area contributed by atoms with E-state index in [1.165, 1.54) is 0 Å². The fourth-order valence-electron chi connectivity index (χ4n) is 0.173. The van der Waals surface area contributed by atoms with Gasteiger partial charge in [-0.25, -0.2) is 0 Å². The molecule has 0 unspecified atom stereocenters. The van der Waals surface area contributed by atoms with Gasteiger partial charge in [0.05, 0.1) is 0 Å². The number of hydrogen-bond donors (Lipinski definition) is 0. The van der Waals surface area contributed by atoms with Crippen LogP contribution in [0.15, 0.2) is 12.7 Å². The Hall–Kier alpha value is -0.350. The van der Waals surface area contributed by atoms with Crippen LogP contribution in [0.25, 0.3) is 0 Å². The Labute approximate surface area is 49.0 Å². The summed E-state index contributed by atoms with van der Waals surface area (Å²) in [6.45, 7) is 5.37. The molecule has 0 aliphatic heterocycles. The molecule has 38 valence electrons. The molecule has 0 aromatic rings. The molecule has 0 heterocycles. The zero-order valence-electron chi connectivity index (χ0n) is 4.40. The van der Waals surface area contributed by atoms with Gasteiger partial charge in [0.2, 0.25) is 0 Å². The lowest BCUT2D eigenvalue weighted by Gasteiger charge is -1.75. The van der Waals surface area contributed by atoms with Gasteiger partial charge in [-0.3, -0.25) is 0 Å². The van der Waals surface area contributed by atoms with Gasteiger partial charge in [-0.15, -0.1) is 6.58 Å². The van der Waals surface area contributed by atoms with Gasteiger partial charge < -0.3 is 0 Å². The van der Waals surface area contributed by atoms with Crippen molar-refractivity contribution in [3.8, 4) is 11.2 Å². The molecule has 0 fully saturated rings. The Balaban J connectivity index is 2.92. The van der Waals surface area contributed by atoms with Gasteiger partial charge in [0.15, 0.2) is 0 Å². The fraction of sp³-hybridized carbons (Fsp3) is 0.333. The molecule has 0 saturated heterocycles. The highest BCUT2D eigenvalue weighted by atomic mass is 32.2. The van der Waals surface area contributed by atoms with E-state index in [4.69, 9.17) is 0 Å². The predicted octanol–water partition coefficient (Wildman–Crippen LogP) is 1.89. The van der Waals surface area contributed by atoms with Crippen molar-refractivity contribution in [2.24, 2.45) is 0 Å². The fourth-order valence-corrected chi connectivity index (χ4v) is 0.518. The maximum absolute atomic E-state index is 3.54. The smallest absolute Gasteiger partial charge is 0.0235 e. The minimum absolute atomic E-state index is 0.931. The van der Waals surface area contributed by atoms with E-state index in [1.807, 2.05) is 13.0 Å². The van der Waals surface area contributed by atoms with Gasteiger partial charge in [0.1, 0.15) is 0 Å². The van der Waals surface area contributed by atoms with Crippen molar-refractivity contribution in [3.05, 3.63) is 12.7 Å². The topological polar surface area (TPSA) is 0 Å². The van der Waals surface area contributed by atoms with Crippen molar-refractivity contribution >= 4 is 11.8 Å². The van der Waals surface area contributed by atoms with Crippen LogP contribution >= 0.6 is 11.8 Å². The van der Waals surface area contributed by atoms with Crippen LogP contribution in [-0.4, -0.2) is 5.75 Å². The van der Waals surface area contributed by atoms with Crippen LogP contribution in [0.1, 0.15) is 6.92 Å². The first-order valence-corrected chi connectivity index (χ1v) is 3.04. The molecule has 1 heteroatoms. The summed E-state index contributed by atoms with van der Waals surface area (Å²) < 4.78 is 0. The standard InChI is InChI=1S/C6H8S/c1-3-5-7-6-4-2/h3H,1,5H2,2H3. The largest absolute Gasteiger partial charge is 0.102 e. The summed E-state index contributed by atoms with van der Waals surface area (Å²) in [5, 5.41) is 2.84. The lowest BCUT2D eigenvalue weighted by Crippen LogP contribution is -1.59. The molecule has 0 bridgehead atoms. The average molecular weight is 112 g/mol. The van der Waals surface area contributed by atoms with Crippen molar-refractivity contribution in [2.75, 3.05) is 5.75 Å². The van der Waals surface area contributed by atoms with E-state index in [1.54, 1.807) is 11.8 Å². The third kappa shape index (κ3) is 5.65. The first-order chi connectivity index (χ1) is 3.41. The van der Waals surface area contributed by atoms with Crippen molar-refractivity contribution in [1.82, 2.24) is 0 Å². The summed E-state index contributed by atoms with van der Waals surface area (Å²) in [5.74, 6) is 3.70. The number of rotatable bonds is 2. The van der Waals surface area contributed by atoms with E-state index in [-0.39, 0.29) is 0 Å². The van der Waals surface area contributed by atoms with Crippen LogP contribution in [0.2, 0.25) is 0 Å². The highest BCUT2D eigenvalue weighted by Gasteiger charge is 1.67. The molecule has 0 aromatic carbocycles. The minimum Gasteiger partial charge on any atom is -0.102 e. The summed E-state index contributed by atoms with van der Waals surface area (Å²) in [6, 6.07) is 0. The molecular weight excluding hydrogens is 104 g/mol. The van der Waals surface area contributed by atoms with E-state index >= 15 is 0 Å². The second-order valence-corrected chi connectivity index (χ2v) is 1.78. The van der Waals surface area contributed by atoms with Crippen LogP contribution in [0.3, 0.4) is 0 Å². The highest BCUT2D eigenvalue weighted by molar-refractivity contribution is 8.04. The van der Waals surface area contributed by atoms with Gasteiger partial charge in [0, 0.05) is 5.75 Å². The summed E-state index contributed by atoms with van der Waals surface area (Å²) in [6.07, 6.45) is 1.84. The molecule has 0 atom stereocenters. The van der Waals surface area contributed by atoms with E-state index < -0.39 is 0 Å². The van der Waals surface area contributed by atoms with E-state index in [0.717, 1.165) is 5.75 Å². The van der Waals surface area contributed by atoms with Gasteiger partial charge in [-0.1, -0.05) is 23.8 Å². The van der Waals surface area contributed by atoms with E-state index in [2.05, 4.69) is 17.8 Å². The zero-order chi connectivity index (χ0) is 5.54. The maximum atomic E-state index is 3.54. The van der Waals surface area contributed by atoms with Crippen LogP contribution in [0.5, 0.6) is 0 Å². The van der Waals surface area contributed by atoms with Crippen molar-refractivity contribution in [2.45, 2.75) is 6.92 Å². The highest BCUT2D eigenvalue weighted by Crippen LogP contribution is 1.93. The molecule has 0 N–H and O–H groups in total. The molecule has 0 amide bonds. The van der Waals surface area contributed by atoms with Crippen molar-refractivity contribution in [1.29, 1.82) is 0 Å².